The number of halogens is 1. The van der Waals surface area contributed by atoms with Gasteiger partial charge in [0, 0.05) is 12.1 Å². The van der Waals surface area contributed by atoms with Gasteiger partial charge in [-0.25, -0.2) is 4.39 Å². The minimum absolute atomic E-state index is 0.00472. The molecule has 0 aliphatic rings. The third-order valence-electron chi connectivity index (χ3n) is 4.11. The van der Waals surface area contributed by atoms with Crippen molar-refractivity contribution in [2.45, 2.75) is 32.0 Å². The van der Waals surface area contributed by atoms with E-state index >= 15 is 0 Å². The van der Waals surface area contributed by atoms with Crippen LogP contribution in [0.1, 0.15) is 37.1 Å². The minimum Gasteiger partial charge on any atom is -0.493 e. The highest BCUT2D eigenvalue weighted by molar-refractivity contribution is 5.43. The van der Waals surface area contributed by atoms with E-state index in [-0.39, 0.29) is 17.9 Å². The lowest BCUT2D eigenvalue weighted by Gasteiger charge is -2.25. The Bertz CT molecular complexity index is 660. The molecule has 0 aliphatic heterocycles. The average Bonchev–Trinajstić information content (AvgIpc) is 2.60. The van der Waals surface area contributed by atoms with E-state index in [4.69, 9.17) is 9.47 Å². The van der Waals surface area contributed by atoms with Crippen molar-refractivity contribution in [1.29, 1.82) is 0 Å². The largest absolute Gasteiger partial charge is 0.493 e. The second-order valence-corrected chi connectivity index (χ2v) is 5.79. The maximum absolute atomic E-state index is 13.0. The number of hydrogen-bond acceptors (Lipinski definition) is 4. The predicted molar refractivity (Wildman–Crippen MR) is 91.9 cm³/mol. The lowest BCUT2D eigenvalue weighted by molar-refractivity contribution is 0.130. The van der Waals surface area contributed by atoms with Crippen molar-refractivity contribution in [3.8, 4) is 11.5 Å². The van der Waals surface area contributed by atoms with Gasteiger partial charge >= 0.3 is 0 Å². The van der Waals surface area contributed by atoms with Gasteiger partial charge in [-0.15, -0.1) is 0 Å². The standard InChI is InChI=1S/C19H24FNO3/c1-12(15-7-10-17(23-3)18(11-15)24-4)21-13(2)19(22)14-5-8-16(20)9-6-14/h5-13,19,21-22H,1-4H3. The fraction of sp³-hybridized carbons (Fsp3) is 0.368. The Hall–Kier alpha value is -2.11. The summed E-state index contributed by atoms with van der Waals surface area (Å²) in [6, 6.07) is 11.4. The lowest BCUT2D eigenvalue weighted by Crippen LogP contribution is -2.34. The van der Waals surface area contributed by atoms with Crippen LogP contribution >= 0.6 is 0 Å². The summed E-state index contributed by atoms with van der Waals surface area (Å²) in [5, 5.41) is 13.8. The number of benzene rings is 2. The van der Waals surface area contributed by atoms with E-state index < -0.39 is 6.10 Å². The molecule has 2 rings (SSSR count). The molecule has 0 spiro atoms. The van der Waals surface area contributed by atoms with Crippen LogP contribution in [0.4, 0.5) is 4.39 Å². The molecule has 4 nitrogen and oxygen atoms in total. The first-order valence-electron chi connectivity index (χ1n) is 7.87. The maximum Gasteiger partial charge on any atom is 0.161 e. The SMILES string of the molecule is COc1ccc(C(C)NC(C)C(O)c2ccc(F)cc2)cc1OC. The van der Waals surface area contributed by atoms with Crippen molar-refractivity contribution >= 4 is 0 Å². The summed E-state index contributed by atoms with van der Waals surface area (Å²) in [6.07, 6.45) is -0.729. The summed E-state index contributed by atoms with van der Waals surface area (Å²) in [6.45, 7) is 3.90. The fourth-order valence-corrected chi connectivity index (χ4v) is 2.65. The van der Waals surface area contributed by atoms with Gasteiger partial charge in [-0.3, -0.25) is 0 Å². The summed E-state index contributed by atoms with van der Waals surface area (Å²) in [4.78, 5) is 0. The van der Waals surface area contributed by atoms with E-state index in [1.807, 2.05) is 32.0 Å². The Kier molecular flexibility index (Phi) is 6.17. The smallest absolute Gasteiger partial charge is 0.161 e. The van der Waals surface area contributed by atoms with Gasteiger partial charge in [-0.05, 0) is 49.2 Å². The van der Waals surface area contributed by atoms with E-state index in [2.05, 4.69) is 5.32 Å². The molecule has 0 aromatic heterocycles. The van der Waals surface area contributed by atoms with Crippen LogP contribution in [0.25, 0.3) is 0 Å². The minimum atomic E-state index is -0.729. The van der Waals surface area contributed by atoms with Crippen LogP contribution in [-0.2, 0) is 0 Å². The molecule has 24 heavy (non-hydrogen) atoms. The van der Waals surface area contributed by atoms with E-state index in [0.29, 0.717) is 17.1 Å². The molecule has 0 saturated carbocycles. The van der Waals surface area contributed by atoms with E-state index in [1.54, 1.807) is 26.4 Å². The lowest BCUT2D eigenvalue weighted by atomic mass is 10.0. The molecule has 2 aromatic rings. The molecule has 130 valence electrons. The van der Waals surface area contributed by atoms with Crippen LogP contribution in [0.5, 0.6) is 11.5 Å². The van der Waals surface area contributed by atoms with Crippen molar-refractivity contribution in [2.24, 2.45) is 0 Å². The molecule has 0 bridgehead atoms. The van der Waals surface area contributed by atoms with Gasteiger partial charge in [-0.1, -0.05) is 18.2 Å². The Morgan fingerprint density at radius 3 is 2.08 bits per heavy atom. The van der Waals surface area contributed by atoms with Gasteiger partial charge in [-0.2, -0.15) is 0 Å². The first kappa shape index (κ1) is 18.2. The average molecular weight is 333 g/mol. The second kappa shape index (κ2) is 8.13. The number of rotatable bonds is 7. The number of methoxy groups -OCH3 is 2. The normalized spacial score (nSPS) is 14.8. The number of ether oxygens (including phenoxy) is 2. The first-order chi connectivity index (χ1) is 11.5. The highest BCUT2D eigenvalue weighted by Gasteiger charge is 2.19. The Morgan fingerprint density at radius 1 is 0.917 bits per heavy atom. The molecule has 3 atom stereocenters. The molecule has 0 saturated heterocycles. The van der Waals surface area contributed by atoms with Gasteiger partial charge in [0.25, 0.3) is 0 Å². The van der Waals surface area contributed by atoms with Crippen molar-refractivity contribution in [3.05, 3.63) is 59.4 Å². The quantitative estimate of drug-likeness (QED) is 0.813. The molecule has 0 heterocycles. The van der Waals surface area contributed by atoms with Gasteiger partial charge in [0.1, 0.15) is 5.82 Å². The summed E-state index contributed by atoms with van der Waals surface area (Å²) >= 11 is 0. The molecular weight excluding hydrogens is 309 g/mol. The Morgan fingerprint density at radius 2 is 1.50 bits per heavy atom. The highest BCUT2D eigenvalue weighted by atomic mass is 19.1. The first-order valence-corrected chi connectivity index (χ1v) is 7.87. The van der Waals surface area contributed by atoms with Crippen molar-refractivity contribution in [2.75, 3.05) is 14.2 Å². The molecule has 2 aromatic carbocycles. The third-order valence-corrected chi connectivity index (χ3v) is 4.11. The zero-order chi connectivity index (χ0) is 17.7. The summed E-state index contributed by atoms with van der Waals surface area (Å²) in [5.41, 5.74) is 1.70. The van der Waals surface area contributed by atoms with Crippen LogP contribution in [0.15, 0.2) is 42.5 Å². The topological polar surface area (TPSA) is 50.7 Å². The number of aliphatic hydroxyl groups is 1. The van der Waals surface area contributed by atoms with Crippen molar-refractivity contribution in [1.82, 2.24) is 5.32 Å². The summed E-state index contributed by atoms with van der Waals surface area (Å²) in [7, 11) is 3.20. The number of nitrogens with one attached hydrogen (secondary N) is 1. The Labute approximate surface area is 142 Å². The van der Waals surface area contributed by atoms with E-state index in [0.717, 1.165) is 5.56 Å². The molecule has 2 N–H and O–H groups in total. The monoisotopic (exact) mass is 333 g/mol. The third kappa shape index (κ3) is 4.24. The van der Waals surface area contributed by atoms with Crippen LogP contribution in [0.3, 0.4) is 0 Å². The van der Waals surface area contributed by atoms with Crippen molar-refractivity contribution < 1.29 is 19.0 Å². The summed E-state index contributed by atoms with van der Waals surface area (Å²) in [5.74, 6) is 1.02. The molecule has 0 amide bonds. The molecule has 0 aliphatic carbocycles. The molecule has 3 unspecified atom stereocenters. The molecule has 0 radical (unpaired) electrons. The molecular formula is C19H24FNO3. The predicted octanol–water partition coefficient (Wildman–Crippen LogP) is 3.62. The van der Waals surface area contributed by atoms with Gasteiger partial charge in [0.05, 0.1) is 20.3 Å². The van der Waals surface area contributed by atoms with Gasteiger partial charge < -0.3 is 19.9 Å². The zero-order valence-electron chi connectivity index (χ0n) is 14.4. The highest BCUT2D eigenvalue weighted by Crippen LogP contribution is 2.30. The zero-order valence-corrected chi connectivity index (χ0v) is 14.4. The van der Waals surface area contributed by atoms with Gasteiger partial charge in [0.2, 0.25) is 0 Å². The second-order valence-electron chi connectivity index (χ2n) is 5.79. The maximum atomic E-state index is 13.0. The van der Waals surface area contributed by atoms with Crippen molar-refractivity contribution in [3.63, 3.8) is 0 Å². The molecule has 0 fully saturated rings. The number of aliphatic hydroxyl groups excluding tert-OH is 1. The van der Waals surface area contributed by atoms with Crippen LogP contribution < -0.4 is 14.8 Å². The Balaban J connectivity index is 2.07. The fourth-order valence-electron chi connectivity index (χ4n) is 2.65. The van der Waals surface area contributed by atoms with Gasteiger partial charge in [0.15, 0.2) is 11.5 Å². The molecule has 5 heteroatoms. The number of hydrogen-bond donors (Lipinski definition) is 2. The van der Waals surface area contributed by atoms with Crippen LogP contribution in [0.2, 0.25) is 0 Å². The van der Waals surface area contributed by atoms with Crippen LogP contribution in [0, 0.1) is 5.82 Å². The summed E-state index contributed by atoms with van der Waals surface area (Å²) < 4.78 is 23.6. The van der Waals surface area contributed by atoms with E-state index in [1.165, 1.54) is 12.1 Å². The van der Waals surface area contributed by atoms with Crippen LogP contribution in [-0.4, -0.2) is 25.4 Å². The van der Waals surface area contributed by atoms with E-state index in [9.17, 15) is 9.50 Å².